The smallest absolute Gasteiger partial charge is 0.162 e. The van der Waals surface area contributed by atoms with Crippen molar-refractivity contribution >= 4 is 39.0 Å². The quantitative estimate of drug-likeness (QED) is 0.162. The van der Waals surface area contributed by atoms with Crippen molar-refractivity contribution < 1.29 is 0 Å². The Morgan fingerprint density at radius 1 is 0.458 bits per heavy atom. The van der Waals surface area contributed by atoms with E-state index < -0.39 is 0 Å². The van der Waals surface area contributed by atoms with Gasteiger partial charge in [0.2, 0.25) is 0 Å². The van der Waals surface area contributed by atoms with Crippen LogP contribution in [0.4, 0.5) is 17.1 Å². The van der Waals surface area contributed by atoms with Crippen LogP contribution in [0.2, 0.25) is 0 Å². The van der Waals surface area contributed by atoms with Gasteiger partial charge in [0.05, 0.1) is 22.3 Å². The van der Waals surface area contributed by atoms with E-state index in [1.54, 1.807) is 0 Å². The Kier molecular flexibility index (Phi) is 8.12. The number of benzene rings is 8. The number of nitrogens with zero attached hydrogens (tertiary/aromatic N) is 4. The van der Waals surface area contributed by atoms with Gasteiger partial charge in [-0.2, -0.15) is 0 Å². The summed E-state index contributed by atoms with van der Waals surface area (Å²) in [5.74, 6) is 0.693. The topological polar surface area (TPSA) is 34.0 Å². The number of fused-ring (bicyclic) bond motifs is 6. The molecule has 0 spiro atoms. The van der Waals surface area contributed by atoms with Gasteiger partial charge in [0, 0.05) is 44.6 Å². The normalized spacial score (nSPS) is 12.7. The fourth-order valence-corrected chi connectivity index (χ4v) is 9.17. The number of hydrogen-bond donors (Lipinski definition) is 0. The fraction of sp³-hybridized carbons (Fsp3) is 0.0545. The molecular formula is C55H40N4. The van der Waals surface area contributed by atoms with Crippen LogP contribution in [0.15, 0.2) is 206 Å². The Morgan fingerprint density at radius 2 is 1.02 bits per heavy atom. The van der Waals surface area contributed by atoms with Crippen LogP contribution in [0.3, 0.4) is 0 Å². The minimum atomic E-state index is -0.123. The summed E-state index contributed by atoms with van der Waals surface area (Å²) in [6.45, 7) is 4.69. The molecule has 2 aromatic heterocycles. The summed E-state index contributed by atoms with van der Waals surface area (Å²) in [5, 5.41) is 2.15. The number of hydrogen-bond acceptors (Lipinski definition) is 3. The molecule has 0 unspecified atom stereocenters. The zero-order valence-electron chi connectivity index (χ0n) is 32.9. The Labute approximate surface area is 344 Å². The van der Waals surface area contributed by atoms with Crippen molar-refractivity contribution in [2.75, 3.05) is 4.90 Å². The fourth-order valence-electron chi connectivity index (χ4n) is 9.17. The molecule has 4 nitrogen and oxygen atoms in total. The number of aromatic nitrogens is 3. The molecule has 8 aromatic carbocycles. The summed E-state index contributed by atoms with van der Waals surface area (Å²) in [6, 6.07) is 73.6. The third kappa shape index (κ3) is 5.67. The molecule has 10 aromatic rings. The van der Waals surface area contributed by atoms with E-state index in [2.05, 4.69) is 211 Å². The van der Waals surface area contributed by atoms with E-state index in [-0.39, 0.29) is 5.41 Å². The van der Waals surface area contributed by atoms with Crippen molar-refractivity contribution in [1.29, 1.82) is 0 Å². The summed E-state index contributed by atoms with van der Waals surface area (Å²) in [5.41, 5.74) is 16.8. The van der Waals surface area contributed by atoms with Crippen LogP contribution < -0.4 is 4.90 Å². The molecule has 1 aliphatic rings. The summed E-state index contributed by atoms with van der Waals surface area (Å²) < 4.78 is 2.27. The van der Waals surface area contributed by atoms with Crippen molar-refractivity contribution in [2.24, 2.45) is 0 Å². The van der Waals surface area contributed by atoms with Gasteiger partial charge in [-0.05, 0) is 76.3 Å². The van der Waals surface area contributed by atoms with Gasteiger partial charge in [0.25, 0.3) is 0 Å². The van der Waals surface area contributed by atoms with Crippen molar-refractivity contribution in [2.45, 2.75) is 19.3 Å². The number of para-hydroxylation sites is 2. The Morgan fingerprint density at radius 3 is 1.73 bits per heavy atom. The number of rotatable bonds is 7. The predicted molar refractivity (Wildman–Crippen MR) is 245 cm³/mol. The van der Waals surface area contributed by atoms with E-state index in [1.807, 2.05) is 18.2 Å². The molecule has 0 saturated heterocycles. The lowest BCUT2D eigenvalue weighted by molar-refractivity contribution is 0.660. The highest BCUT2D eigenvalue weighted by Crippen LogP contribution is 2.54. The standard InChI is InChI=1S/C55H40N4/c1-55(2)46-25-14-12-23-44(46)50-47(55)26-16-28-49(50)58(42-33-29-38(30-34-42)37-17-6-3-7-18-37)43-35-31-39(32-36-43)52-51-45-24-13-15-27-48(45)59(41-21-10-5-11-22-41)54(51)57-53(56-52)40-19-8-4-9-20-40/h3-36H,1-2H3. The lowest BCUT2D eigenvalue weighted by atomic mass is 9.82. The molecule has 0 saturated carbocycles. The molecule has 0 N–H and O–H groups in total. The molecule has 2 heterocycles. The van der Waals surface area contributed by atoms with Crippen LogP contribution in [0.25, 0.3) is 72.5 Å². The lowest BCUT2D eigenvalue weighted by Gasteiger charge is -2.29. The maximum Gasteiger partial charge on any atom is 0.162 e. The van der Waals surface area contributed by atoms with Crippen LogP contribution in [0, 0.1) is 0 Å². The zero-order chi connectivity index (χ0) is 39.5. The van der Waals surface area contributed by atoms with Crippen LogP contribution >= 0.6 is 0 Å². The third-order valence-corrected chi connectivity index (χ3v) is 12.0. The van der Waals surface area contributed by atoms with E-state index >= 15 is 0 Å². The molecule has 0 aliphatic heterocycles. The zero-order valence-corrected chi connectivity index (χ0v) is 32.9. The summed E-state index contributed by atoms with van der Waals surface area (Å²) in [6.07, 6.45) is 0. The Balaban J connectivity index is 1.12. The second-order valence-corrected chi connectivity index (χ2v) is 15.8. The highest BCUT2D eigenvalue weighted by molar-refractivity contribution is 6.14. The summed E-state index contributed by atoms with van der Waals surface area (Å²) >= 11 is 0. The van der Waals surface area contributed by atoms with Gasteiger partial charge < -0.3 is 4.90 Å². The molecule has 11 rings (SSSR count). The molecule has 1 aliphatic carbocycles. The van der Waals surface area contributed by atoms with Crippen LogP contribution in [-0.2, 0) is 5.41 Å². The van der Waals surface area contributed by atoms with Crippen LogP contribution in [0.5, 0.6) is 0 Å². The minimum absolute atomic E-state index is 0.123. The van der Waals surface area contributed by atoms with Crippen molar-refractivity contribution in [3.63, 3.8) is 0 Å². The van der Waals surface area contributed by atoms with Gasteiger partial charge in [0.15, 0.2) is 5.82 Å². The highest BCUT2D eigenvalue weighted by Gasteiger charge is 2.37. The summed E-state index contributed by atoms with van der Waals surface area (Å²) in [7, 11) is 0. The second kappa shape index (κ2) is 13.8. The number of anilines is 3. The van der Waals surface area contributed by atoms with E-state index in [1.165, 1.54) is 33.4 Å². The first kappa shape index (κ1) is 34.7. The van der Waals surface area contributed by atoms with E-state index in [0.717, 1.165) is 61.5 Å². The van der Waals surface area contributed by atoms with Crippen molar-refractivity contribution in [3.05, 3.63) is 217 Å². The van der Waals surface area contributed by atoms with E-state index in [9.17, 15) is 0 Å². The van der Waals surface area contributed by atoms with Gasteiger partial charge in [-0.25, -0.2) is 9.97 Å². The molecule has 0 fully saturated rings. The predicted octanol–water partition coefficient (Wildman–Crippen LogP) is 14.4. The minimum Gasteiger partial charge on any atom is -0.310 e. The van der Waals surface area contributed by atoms with Gasteiger partial charge in [-0.15, -0.1) is 0 Å². The average molecular weight is 757 g/mol. The molecule has 0 radical (unpaired) electrons. The van der Waals surface area contributed by atoms with Crippen LogP contribution in [0.1, 0.15) is 25.0 Å². The van der Waals surface area contributed by atoms with Crippen molar-refractivity contribution in [3.8, 4) is 50.6 Å². The van der Waals surface area contributed by atoms with Gasteiger partial charge in [-0.1, -0.05) is 172 Å². The molecule has 59 heavy (non-hydrogen) atoms. The van der Waals surface area contributed by atoms with E-state index in [4.69, 9.17) is 9.97 Å². The highest BCUT2D eigenvalue weighted by atomic mass is 15.1. The maximum absolute atomic E-state index is 5.38. The Hall–Kier alpha value is -7.56. The largest absolute Gasteiger partial charge is 0.310 e. The van der Waals surface area contributed by atoms with Gasteiger partial charge >= 0.3 is 0 Å². The Bertz CT molecular complexity index is 3150. The first-order chi connectivity index (χ1) is 29.0. The molecule has 0 bridgehead atoms. The molecule has 0 atom stereocenters. The van der Waals surface area contributed by atoms with Gasteiger partial charge in [-0.3, -0.25) is 4.57 Å². The lowest BCUT2D eigenvalue weighted by Crippen LogP contribution is -2.16. The first-order valence-electron chi connectivity index (χ1n) is 20.3. The molecule has 280 valence electrons. The second-order valence-electron chi connectivity index (χ2n) is 15.8. The average Bonchev–Trinajstić information content (AvgIpc) is 3.76. The van der Waals surface area contributed by atoms with Gasteiger partial charge in [0.1, 0.15) is 5.65 Å². The SMILES string of the molecule is CC1(C)c2ccccc2-c2c(N(c3ccc(-c4ccccc4)cc3)c3ccc(-c4nc(-c5ccccc5)nc5c4c4ccccc4n5-c4ccccc4)cc3)cccc21. The molecule has 0 amide bonds. The molecular weight excluding hydrogens is 717 g/mol. The summed E-state index contributed by atoms with van der Waals surface area (Å²) in [4.78, 5) is 13.1. The third-order valence-electron chi connectivity index (χ3n) is 12.0. The first-order valence-corrected chi connectivity index (χ1v) is 20.3. The monoisotopic (exact) mass is 756 g/mol. The van der Waals surface area contributed by atoms with E-state index in [0.29, 0.717) is 5.82 Å². The maximum atomic E-state index is 5.38. The van der Waals surface area contributed by atoms with Crippen molar-refractivity contribution in [1.82, 2.24) is 14.5 Å². The molecule has 4 heteroatoms. The van der Waals surface area contributed by atoms with Crippen LogP contribution in [-0.4, -0.2) is 14.5 Å².